The first-order chi connectivity index (χ1) is 8.27. The molecule has 2 aliphatic carbocycles. The van der Waals surface area contributed by atoms with Crippen LogP contribution in [0.5, 0.6) is 5.75 Å². The van der Waals surface area contributed by atoms with Gasteiger partial charge in [-0.2, -0.15) is 0 Å². The molecule has 0 saturated carbocycles. The third-order valence-corrected chi connectivity index (χ3v) is 3.66. The Morgan fingerprint density at radius 3 is 3.06 bits per heavy atom. The number of hydrogen-bond donors (Lipinski definition) is 0. The van der Waals surface area contributed by atoms with E-state index in [4.69, 9.17) is 4.74 Å². The second-order valence-corrected chi connectivity index (χ2v) is 4.81. The summed E-state index contributed by atoms with van der Waals surface area (Å²) in [6.45, 7) is 1.46. The minimum Gasteiger partial charge on any atom is -0.426 e. The monoisotopic (exact) mass is 228 g/mol. The molecule has 0 saturated heterocycles. The molecular weight excluding hydrogens is 212 g/mol. The minimum absolute atomic E-state index is 0.240. The van der Waals surface area contributed by atoms with Crippen LogP contribution >= 0.6 is 0 Å². The summed E-state index contributed by atoms with van der Waals surface area (Å²) >= 11 is 0. The Bertz CT molecular complexity index is 500. The summed E-state index contributed by atoms with van der Waals surface area (Å²) in [5.74, 6) is 1.08. The van der Waals surface area contributed by atoms with E-state index in [1.165, 1.54) is 42.9 Å². The zero-order valence-corrected chi connectivity index (χ0v) is 10.0. The summed E-state index contributed by atoms with van der Waals surface area (Å²) in [7, 11) is 0. The topological polar surface area (TPSA) is 26.3 Å². The van der Waals surface area contributed by atoms with E-state index < -0.39 is 0 Å². The van der Waals surface area contributed by atoms with Crippen LogP contribution in [0.25, 0.3) is 5.57 Å². The van der Waals surface area contributed by atoms with Crippen molar-refractivity contribution in [2.75, 3.05) is 0 Å². The Hall–Kier alpha value is -1.57. The Labute approximate surface area is 101 Å². The van der Waals surface area contributed by atoms with Crippen molar-refractivity contribution in [1.29, 1.82) is 0 Å². The third kappa shape index (κ3) is 1.68. The summed E-state index contributed by atoms with van der Waals surface area (Å²) in [4.78, 5) is 11.1. The van der Waals surface area contributed by atoms with Gasteiger partial charge in [0, 0.05) is 18.4 Å². The molecule has 0 aliphatic heterocycles. The molecule has 0 bridgehead atoms. The molecule has 3 rings (SSSR count). The number of ether oxygens (including phenoxy) is 1. The maximum absolute atomic E-state index is 11.1. The van der Waals surface area contributed by atoms with Crippen LogP contribution in [0.3, 0.4) is 0 Å². The lowest BCUT2D eigenvalue weighted by molar-refractivity contribution is -0.131. The predicted octanol–water partition coefficient (Wildman–Crippen LogP) is 3.67. The normalized spacial score (nSPS) is 21.5. The molecule has 0 heterocycles. The summed E-state index contributed by atoms with van der Waals surface area (Å²) in [6.07, 6.45) is 7.29. The largest absolute Gasteiger partial charge is 0.426 e. The Morgan fingerprint density at radius 2 is 2.24 bits per heavy atom. The van der Waals surface area contributed by atoms with E-state index in [0.29, 0.717) is 5.92 Å². The van der Waals surface area contributed by atoms with Gasteiger partial charge in [0.25, 0.3) is 0 Å². The van der Waals surface area contributed by atoms with Gasteiger partial charge in [-0.15, -0.1) is 0 Å². The van der Waals surface area contributed by atoms with Gasteiger partial charge < -0.3 is 4.74 Å². The number of carbonyl (C=O) groups is 1. The van der Waals surface area contributed by atoms with Gasteiger partial charge in [0.05, 0.1) is 0 Å². The quantitative estimate of drug-likeness (QED) is 0.541. The van der Waals surface area contributed by atoms with E-state index >= 15 is 0 Å². The van der Waals surface area contributed by atoms with Gasteiger partial charge in [0.1, 0.15) is 5.75 Å². The van der Waals surface area contributed by atoms with Crippen LogP contribution in [0.4, 0.5) is 0 Å². The van der Waals surface area contributed by atoms with Crippen LogP contribution in [0.15, 0.2) is 24.3 Å². The molecule has 0 N–H and O–H groups in total. The van der Waals surface area contributed by atoms with Crippen molar-refractivity contribution >= 4 is 11.5 Å². The first kappa shape index (κ1) is 10.6. The van der Waals surface area contributed by atoms with Crippen molar-refractivity contribution in [3.63, 3.8) is 0 Å². The molecule has 0 aromatic heterocycles. The van der Waals surface area contributed by atoms with Crippen molar-refractivity contribution in [3.05, 3.63) is 35.4 Å². The molecule has 0 radical (unpaired) electrons. The Balaban J connectivity index is 2.03. The van der Waals surface area contributed by atoms with E-state index in [1.54, 1.807) is 0 Å². The SMILES string of the molecule is CC(=O)Oc1cccc2c1C1=CCCCC[C@@H]12. The van der Waals surface area contributed by atoms with E-state index in [1.807, 2.05) is 12.1 Å². The number of carbonyl (C=O) groups excluding carboxylic acids is 1. The van der Waals surface area contributed by atoms with Gasteiger partial charge in [0.2, 0.25) is 0 Å². The van der Waals surface area contributed by atoms with Crippen LogP contribution in [-0.4, -0.2) is 5.97 Å². The fraction of sp³-hybridized carbons (Fsp3) is 0.400. The van der Waals surface area contributed by atoms with Crippen molar-refractivity contribution in [2.24, 2.45) is 0 Å². The zero-order chi connectivity index (χ0) is 11.8. The van der Waals surface area contributed by atoms with Gasteiger partial charge in [-0.3, -0.25) is 4.79 Å². The van der Waals surface area contributed by atoms with E-state index in [2.05, 4.69) is 12.1 Å². The first-order valence-corrected chi connectivity index (χ1v) is 6.29. The van der Waals surface area contributed by atoms with E-state index in [-0.39, 0.29) is 5.97 Å². The maximum atomic E-state index is 11.1. The highest BCUT2D eigenvalue weighted by atomic mass is 16.5. The van der Waals surface area contributed by atoms with Crippen molar-refractivity contribution in [2.45, 2.75) is 38.5 Å². The molecule has 2 nitrogen and oxygen atoms in total. The van der Waals surface area contributed by atoms with Gasteiger partial charge in [0.15, 0.2) is 0 Å². The van der Waals surface area contributed by atoms with E-state index in [9.17, 15) is 4.79 Å². The zero-order valence-electron chi connectivity index (χ0n) is 10.0. The van der Waals surface area contributed by atoms with Gasteiger partial charge >= 0.3 is 5.97 Å². The van der Waals surface area contributed by atoms with Gasteiger partial charge in [-0.1, -0.05) is 24.6 Å². The molecule has 1 aromatic carbocycles. The van der Waals surface area contributed by atoms with Crippen molar-refractivity contribution in [3.8, 4) is 5.75 Å². The second-order valence-electron chi connectivity index (χ2n) is 4.81. The lowest BCUT2D eigenvalue weighted by atomic mass is 9.71. The van der Waals surface area contributed by atoms with Crippen LogP contribution in [0, 0.1) is 0 Å². The highest BCUT2D eigenvalue weighted by Crippen LogP contribution is 2.53. The summed E-state index contributed by atoms with van der Waals surface area (Å²) in [5.41, 5.74) is 3.93. The maximum Gasteiger partial charge on any atom is 0.308 e. The molecular formula is C15H16O2. The molecule has 1 aromatic rings. The van der Waals surface area contributed by atoms with Crippen molar-refractivity contribution < 1.29 is 9.53 Å². The predicted molar refractivity (Wildman–Crippen MR) is 66.9 cm³/mol. The van der Waals surface area contributed by atoms with Gasteiger partial charge in [-0.25, -0.2) is 0 Å². The van der Waals surface area contributed by atoms with E-state index in [0.717, 1.165) is 12.2 Å². The molecule has 0 spiro atoms. The van der Waals surface area contributed by atoms with Crippen LogP contribution in [-0.2, 0) is 4.79 Å². The molecule has 2 heteroatoms. The molecule has 0 fully saturated rings. The average molecular weight is 228 g/mol. The fourth-order valence-corrected chi connectivity index (χ4v) is 2.96. The standard InChI is InChI=1S/C15H16O2/c1-10(16)17-14-9-5-8-13-11-6-3-2-4-7-12(11)15(13)14/h5,7-9,11H,2-4,6H2,1H3/t11-/m0/s1. The molecule has 0 unspecified atom stereocenters. The van der Waals surface area contributed by atoms with Crippen LogP contribution < -0.4 is 4.74 Å². The Morgan fingerprint density at radius 1 is 1.35 bits per heavy atom. The van der Waals surface area contributed by atoms with Crippen LogP contribution in [0.2, 0.25) is 0 Å². The van der Waals surface area contributed by atoms with Crippen LogP contribution in [0.1, 0.15) is 49.7 Å². The number of esters is 1. The minimum atomic E-state index is -0.240. The number of allylic oxidation sites excluding steroid dienone is 2. The fourth-order valence-electron chi connectivity index (χ4n) is 2.96. The lowest BCUT2D eigenvalue weighted by Gasteiger charge is -2.34. The average Bonchev–Trinajstić information content (AvgIpc) is 2.47. The smallest absolute Gasteiger partial charge is 0.308 e. The number of benzene rings is 1. The Kier molecular flexibility index (Phi) is 2.50. The number of hydrogen-bond acceptors (Lipinski definition) is 2. The lowest BCUT2D eigenvalue weighted by Crippen LogP contribution is -2.17. The highest BCUT2D eigenvalue weighted by Gasteiger charge is 2.35. The third-order valence-electron chi connectivity index (χ3n) is 3.66. The van der Waals surface area contributed by atoms with Crippen molar-refractivity contribution in [1.82, 2.24) is 0 Å². The van der Waals surface area contributed by atoms with Gasteiger partial charge in [-0.05, 0) is 36.5 Å². The summed E-state index contributed by atoms with van der Waals surface area (Å²) in [6, 6.07) is 6.04. The molecule has 1 atom stereocenters. The molecule has 2 aliphatic rings. The number of rotatable bonds is 1. The molecule has 88 valence electrons. The highest BCUT2D eigenvalue weighted by molar-refractivity contribution is 5.88. The number of fused-ring (bicyclic) bond motifs is 4. The summed E-state index contributed by atoms with van der Waals surface area (Å²) in [5, 5.41) is 0. The summed E-state index contributed by atoms with van der Waals surface area (Å²) < 4.78 is 5.29. The molecule has 0 amide bonds. The second kappa shape index (κ2) is 4.02. The molecule has 17 heavy (non-hydrogen) atoms. The first-order valence-electron chi connectivity index (χ1n) is 6.29.